The van der Waals surface area contributed by atoms with Crippen LogP contribution in [0.25, 0.3) is 6.08 Å². The Balaban J connectivity index is 2.38. The summed E-state index contributed by atoms with van der Waals surface area (Å²) >= 11 is 0. The van der Waals surface area contributed by atoms with E-state index in [0.29, 0.717) is 5.56 Å². The zero-order valence-corrected chi connectivity index (χ0v) is 11.6. The van der Waals surface area contributed by atoms with Crippen LogP contribution in [0.3, 0.4) is 0 Å². The summed E-state index contributed by atoms with van der Waals surface area (Å²) in [7, 11) is 0. The molecule has 0 heterocycles. The third-order valence-electron chi connectivity index (χ3n) is 2.63. The topological polar surface area (TPSA) is 55.4 Å². The highest BCUT2D eigenvalue weighted by molar-refractivity contribution is 5.89. The van der Waals surface area contributed by atoms with Crippen molar-refractivity contribution in [3.63, 3.8) is 0 Å². The number of esters is 1. The molecule has 1 atom stereocenters. The van der Waals surface area contributed by atoms with Crippen LogP contribution in [-0.4, -0.2) is 24.5 Å². The minimum absolute atomic E-state index is 0.0454. The van der Waals surface area contributed by atoms with Gasteiger partial charge in [0.25, 0.3) is 5.91 Å². The third-order valence-corrected chi connectivity index (χ3v) is 2.63. The summed E-state index contributed by atoms with van der Waals surface area (Å²) in [5, 5.41) is 2.68. The Kier molecular flexibility index (Phi) is 6.43. The molecule has 0 aliphatic rings. The lowest BCUT2D eigenvalue weighted by Gasteiger charge is -2.10. The molecule has 0 aliphatic carbocycles. The van der Waals surface area contributed by atoms with Crippen LogP contribution in [0.5, 0.6) is 0 Å². The molecule has 0 radical (unpaired) electrons. The van der Waals surface area contributed by atoms with Crippen molar-refractivity contribution in [2.24, 2.45) is 0 Å². The Morgan fingerprint density at radius 2 is 2.20 bits per heavy atom. The molecule has 0 aromatic heterocycles. The molecule has 1 rings (SSSR count). The number of hydrogen-bond donors (Lipinski definition) is 1. The van der Waals surface area contributed by atoms with E-state index in [0.717, 1.165) is 12.5 Å². The highest BCUT2D eigenvalue weighted by Gasteiger charge is 2.07. The maximum Gasteiger partial charge on any atom is 0.331 e. The van der Waals surface area contributed by atoms with Gasteiger partial charge in [0.2, 0.25) is 0 Å². The standard InChI is InChI=1S/C15H18FNO3/c1-3-11(2)17-14(18)10-20-15(19)8-7-12-5-4-6-13(16)9-12/h4-9,11H,3,10H2,1-2H3,(H,17,18)/b8-7+/t11-/m1/s1. The molecule has 1 amide bonds. The molecule has 108 valence electrons. The van der Waals surface area contributed by atoms with Gasteiger partial charge in [0, 0.05) is 12.1 Å². The minimum atomic E-state index is -0.645. The van der Waals surface area contributed by atoms with Gasteiger partial charge < -0.3 is 10.1 Å². The van der Waals surface area contributed by atoms with E-state index in [-0.39, 0.29) is 24.4 Å². The van der Waals surface area contributed by atoms with Crippen LogP contribution in [0.2, 0.25) is 0 Å². The molecule has 1 N–H and O–H groups in total. The van der Waals surface area contributed by atoms with Crippen LogP contribution in [0.15, 0.2) is 30.3 Å². The Hall–Kier alpha value is -2.17. The molecule has 0 aliphatic heterocycles. The van der Waals surface area contributed by atoms with E-state index in [1.807, 2.05) is 13.8 Å². The fraction of sp³-hybridized carbons (Fsp3) is 0.333. The molecule has 1 aromatic carbocycles. The highest BCUT2D eigenvalue weighted by Crippen LogP contribution is 2.05. The monoisotopic (exact) mass is 279 g/mol. The lowest BCUT2D eigenvalue weighted by molar-refractivity contribution is -0.144. The fourth-order valence-electron chi connectivity index (χ4n) is 1.38. The first kappa shape index (κ1) is 15.9. The molecular formula is C15H18FNO3. The van der Waals surface area contributed by atoms with E-state index < -0.39 is 5.97 Å². The number of nitrogens with one attached hydrogen (secondary N) is 1. The number of carbonyl (C=O) groups excluding carboxylic acids is 2. The first-order valence-electron chi connectivity index (χ1n) is 6.41. The third kappa shape index (κ3) is 6.13. The van der Waals surface area contributed by atoms with Crippen molar-refractivity contribution in [1.29, 1.82) is 0 Å². The SMILES string of the molecule is CC[C@@H](C)NC(=O)COC(=O)/C=C/c1cccc(F)c1. The molecule has 0 bridgehead atoms. The second-order valence-corrected chi connectivity index (χ2v) is 4.37. The summed E-state index contributed by atoms with van der Waals surface area (Å²) in [5.41, 5.74) is 0.547. The number of ether oxygens (including phenoxy) is 1. The largest absolute Gasteiger partial charge is 0.452 e. The summed E-state index contributed by atoms with van der Waals surface area (Å²) in [6.07, 6.45) is 3.39. The van der Waals surface area contributed by atoms with Gasteiger partial charge in [0.1, 0.15) is 5.82 Å². The van der Waals surface area contributed by atoms with Gasteiger partial charge >= 0.3 is 5.97 Å². The van der Waals surface area contributed by atoms with E-state index in [2.05, 4.69) is 5.32 Å². The van der Waals surface area contributed by atoms with Gasteiger partial charge in [-0.2, -0.15) is 0 Å². The van der Waals surface area contributed by atoms with Gasteiger partial charge in [-0.3, -0.25) is 4.79 Å². The Morgan fingerprint density at radius 3 is 2.85 bits per heavy atom. The molecule has 4 nitrogen and oxygen atoms in total. The smallest absolute Gasteiger partial charge is 0.331 e. The number of amides is 1. The number of carbonyl (C=O) groups is 2. The average Bonchev–Trinajstić information content (AvgIpc) is 2.42. The van der Waals surface area contributed by atoms with Gasteiger partial charge in [-0.1, -0.05) is 19.1 Å². The van der Waals surface area contributed by atoms with Gasteiger partial charge in [-0.05, 0) is 37.1 Å². The van der Waals surface area contributed by atoms with Crippen molar-refractivity contribution in [2.45, 2.75) is 26.3 Å². The maximum atomic E-state index is 12.9. The number of rotatable bonds is 6. The predicted molar refractivity (Wildman–Crippen MR) is 74.3 cm³/mol. The average molecular weight is 279 g/mol. The first-order chi connectivity index (χ1) is 9.51. The van der Waals surface area contributed by atoms with Crippen LogP contribution in [0.1, 0.15) is 25.8 Å². The molecule has 0 saturated carbocycles. The molecule has 20 heavy (non-hydrogen) atoms. The predicted octanol–water partition coefficient (Wildman–Crippen LogP) is 2.30. The van der Waals surface area contributed by atoms with Gasteiger partial charge in [-0.15, -0.1) is 0 Å². The molecular weight excluding hydrogens is 261 g/mol. The van der Waals surface area contributed by atoms with E-state index in [1.54, 1.807) is 12.1 Å². The Labute approximate surface area is 117 Å². The van der Waals surface area contributed by atoms with Crippen LogP contribution < -0.4 is 5.32 Å². The quantitative estimate of drug-likeness (QED) is 0.642. The van der Waals surface area contributed by atoms with Gasteiger partial charge in [0.15, 0.2) is 6.61 Å². The van der Waals surface area contributed by atoms with Crippen molar-refractivity contribution in [3.8, 4) is 0 Å². The lowest BCUT2D eigenvalue weighted by atomic mass is 10.2. The molecule has 0 spiro atoms. The number of benzene rings is 1. The second kappa shape index (κ2) is 8.09. The molecule has 1 aromatic rings. The molecule has 0 fully saturated rings. The van der Waals surface area contributed by atoms with Crippen LogP contribution in [0, 0.1) is 5.82 Å². The van der Waals surface area contributed by atoms with E-state index in [9.17, 15) is 14.0 Å². The fourth-order valence-corrected chi connectivity index (χ4v) is 1.38. The summed E-state index contributed by atoms with van der Waals surface area (Å²) in [6.45, 7) is 3.49. The van der Waals surface area contributed by atoms with Crippen molar-refractivity contribution in [1.82, 2.24) is 5.32 Å². The summed E-state index contributed by atoms with van der Waals surface area (Å²) in [5.74, 6) is -1.37. The highest BCUT2D eigenvalue weighted by atomic mass is 19.1. The maximum absolute atomic E-state index is 12.9. The minimum Gasteiger partial charge on any atom is -0.452 e. The second-order valence-electron chi connectivity index (χ2n) is 4.37. The van der Waals surface area contributed by atoms with Crippen LogP contribution in [-0.2, 0) is 14.3 Å². The van der Waals surface area contributed by atoms with Crippen molar-refractivity contribution < 1.29 is 18.7 Å². The number of hydrogen-bond acceptors (Lipinski definition) is 3. The van der Waals surface area contributed by atoms with E-state index >= 15 is 0 Å². The summed E-state index contributed by atoms with van der Waals surface area (Å²) in [4.78, 5) is 22.8. The Morgan fingerprint density at radius 1 is 1.45 bits per heavy atom. The van der Waals surface area contributed by atoms with E-state index in [4.69, 9.17) is 4.74 Å². The van der Waals surface area contributed by atoms with E-state index in [1.165, 1.54) is 18.2 Å². The van der Waals surface area contributed by atoms with Crippen molar-refractivity contribution >= 4 is 18.0 Å². The van der Waals surface area contributed by atoms with Crippen molar-refractivity contribution in [3.05, 3.63) is 41.7 Å². The van der Waals surface area contributed by atoms with Gasteiger partial charge in [-0.25, -0.2) is 9.18 Å². The Bertz CT molecular complexity index is 500. The lowest BCUT2D eigenvalue weighted by Crippen LogP contribution is -2.35. The number of halogens is 1. The van der Waals surface area contributed by atoms with Crippen LogP contribution in [0.4, 0.5) is 4.39 Å². The summed E-state index contributed by atoms with van der Waals surface area (Å²) in [6, 6.07) is 5.85. The zero-order valence-electron chi connectivity index (χ0n) is 11.6. The summed E-state index contributed by atoms with van der Waals surface area (Å²) < 4.78 is 17.7. The first-order valence-corrected chi connectivity index (χ1v) is 6.41. The zero-order chi connectivity index (χ0) is 15.0. The normalized spacial score (nSPS) is 12.2. The van der Waals surface area contributed by atoms with Gasteiger partial charge in [0.05, 0.1) is 0 Å². The molecule has 0 unspecified atom stereocenters. The van der Waals surface area contributed by atoms with Crippen molar-refractivity contribution in [2.75, 3.05) is 6.61 Å². The van der Waals surface area contributed by atoms with Crippen LogP contribution >= 0.6 is 0 Å². The molecule has 0 saturated heterocycles. The molecule has 5 heteroatoms.